The van der Waals surface area contributed by atoms with Crippen LogP contribution in [0.15, 0.2) is 175 Å². The SMILES string of the molecule is CC1C2CCC1CC(C)(c1cc3c4c(c1)c1cc(C5(C)CC=C6CC6C5)ccc1n4B1c4cccc5c4N(c4ccccc4C5(c4ccccc4)c4ccccc4)c4c1c-3cc1c4C(C)(C)c3ccccc3-1)C2. The maximum Gasteiger partial charge on any atom is 0.333 e. The number of benzene rings is 8. The number of para-hydroxylation sites is 2. The van der Waals surface area contributed by atoms with E-state index in [1.807, 2.05) is 0 Å². The summed E-state index contributed by atoms with van der Waals surface area (Å²) in [4.78, 5) is 2.80. The summed E-state index contributed by atoms with van der Waals surface area (Å²) in [5.41, 5.74) is 27.6. The quantitative estimate of drug-likeness (QED) is 0.126. The molecule has 0 spiro atoms. The van der Waals surface area contributed by atoms with Gasteiger partial charge < -0.3 is 9.38 Å². The Balaban J connectivity index is 1.04. The Hall–Kier alpha value is -6.84. The van der Waals surface area contributed by atoms with Crippen molar-refractivity contribution in [2.75, 3.05) is 4.90 Å². The fraction of sp³-hybridized carbons (Fsp3) is 0.286. The van der Waals surface area contributed by atoms with E-state index in [0.717, 1.165) is 30.1 Å². The zero-order valence-corrected chi connectivity index (χ0v) is 42.9. The van der Waals surface area contributed by atoms with Gasteiger partial charge in [-0.2, -0.15) is 0 Å². The molecule has 4 unspecified atom stereocenters. The molecule has 4 atom stereocenters. The summed E-state index contributed by atoms with van der Waals surface area (Å²) in [6.45, 7) is 12.8. The van der Waals surface area contributed by atoms with Crippen LogP contribution in [-0.4, -0.2) is 11.3 Å². The topological polar surface area (TPSA) is 8.17 Å². The molecule has 1 aromatic heterocycles. The van der Waals surface area contributed by atoms with Crippen LogP contribution in [0.25, 0.3) is 44.1 Å². The van der Waals surface area contributed by atoms with Crippen molar-refractivity contribution < 1.29 is 0 Å². The maximum atomic E-state index is 2.87. The second-order valence-electron chi connectivity index (χ2n) is 25.4. The first kappa shape index (κ1) is 41.6. The van der Waals surface area contributed by atoms with Gasteiger partial charge >= 0.3 is 6.85 Å². The van der Waals surface area contributed by atoms with E-state index in [4.69, 9.17) is 0 Å². The van der Waals surface area contributed by atoms with Crippen LogP contribution in [0, 0.1) is 23.7 Å². The third kappa shape index (κ3) is 5.08. The lowest BCUT2D eigenvalue weighted by Crippen LogP contribution is -2.59. The lowest BCUT2D eigenvalue weighted by atomic mass is 9.43. The van der Waals surface area contributed by atoms with Crippen LogP contribution in [0.3, 0.4) is 0 Å². The Kier molecular flexibility index (Phi) is 7.90. The molecule has 5 aliphatic carbocycles. The van der Waals surface area contributed by atoms with Gasteiger partial charge in [-0.1, -0.05) is 174 Å². The van der Waals surface area contributed by atoms with E-state index in [1.165, 1.54) is 150 Å². The predicted octanol–water partition coefficient (Wildman–Crippen LogP) is 15.9. The van der Waals surface area contributed by atoms with Crippen molar-refractivity contribution >= 4 is 56.6 Å². The molecule has 73 heavy (non-hydrogen) atoms. The van der Waals surface area contributed by atoms with Crippen molar-refractivity contribution in [3.63, 3.8) is 0 Å². The van der Waals surface area contributed by atoms with E-state index in [-0.39, 0.29) is 23.1 Å². The molecule has 2 nitrogen and oxygen atoms in total. The third-order valence-corrected chi connectivity index (χ3v) is 21.3. The van der Waals surface area contributed by atoms with Crippen molar-refractivity contribution in [1.82, 2.24) is 4.48 Å². The van der Waals surface area contributed by atoms with Gasteiger partial charge in [0.1, 0.15) is 0 Å². The highest BCUT2D eigenvalue weighted by atomic mass is 15.2. The van der Waals surface area contributed by atoms with Gasteiger partial charge in [0.05, 0.1) is 11.1 Å². The highest BCUT2D eigenvalue weighted by Crippen LogP contribution is 2.64. The largest absolute Gasteiger partial charge is 0.375 e. The van der Waals surface area contributed by atoms with E-state index >= 15 is 0 Å². The second-order valence-corrected chi connectivity index (χ2v) is 25.4. The van der Waals surface area contributed by atoms with Gasteiger partial charge in [-0.25, -0.2) is 0 Å². The van der Waals surface area contributed by atoms with Gasteiger partial charge in [0.25, 0.3) is 0 Å². The number of anilines is 3. The fourth-order valence-electron chi connectivity index (χ4n) is 17.7. The Morgan fingerprint density at radius 1 is 0.534 bits per heavy atom. The maximum absolute atomic E-state index is 2.87. The number of rotatable bonds is 4. The molecule has 8 aliphatic rings. The van der Waals surface area contributed by atoms with Crippen LogP contribution >= 0.6 is 0 Å². The molecule has 0 radical (unpaired) electrons. The van der Waals surface area contributed by atoms with Crippen molar-refractivity contribution in [2.24, 2.45) is 23.7 Å². The lowest BCUT2D eigenvalue weighted by molar-refractivity contribution is 0.162. The summed E-state index contributed by atoms with van der Waals surface area (Å²) in [6.07, 6.45) is 11.6. The molecule has 3 saturated carbocycles. The number of hydrogen-bond donors (Lipinski definition) is 0. The molecule has 0 N–H and O–H groups in total. The van der Waals surface area contributed by atoms with Crippen molar-refractivity contribution in [3.05, 3.63) is 220 Å². The Bertz CT molecular complexity index is 3910. The van der Waals surface area contributed by atoms with Crippen molar-refractivity contribution in [1.29, 1.82) is 0 Å². The lowest BCUT2D eigenvalue weighted by Gasteiger charge is -2.51. The van der Waals surface area contributed by atoms with Gasteiger partial charge in [0.15, 0.2) is 0 Å². The van der Waals surface area contributed by atoms with Crippen molar-refractivity contribution in [3.8, 4) is 22.3 Å². The molecule has 9 aromatic rings. The second kappa shape index (κ2) is 13.9. The van der Waals surface area contributed by atoms with Gasteiger partial charge in [-0.3, -0.25) is 0 Å². The van der Waals surface area contributed by atoms with Gasteiger partial charge in [0.2, 0.25) is 0 Å². The normalized spacial score (nSPS) is 26.4. The van der Waals surface area contributed by atoms with Gasteiger partial charge in [-0.05, 0) is 188 Å². The minimum Gasteiger partial charge on any atom is -0.375 e. The number of nitrogens with zero attached hydrogens (tertiary/aromatic N) is 2. The first-order chi connectivity index (χ1) is 35.6. The van der Waals surface area contributed by atoms with Crippen LogP contribution in [0.1, 0.15) is 124 Å². The molecule has 3 fully saturated rings. The molecule has 2 bridgehead atoms. The predicted molar refractivity (Wildman–Crippen MR) is 304 cm³/mol. The van der Waals surface area contributed by atoms with Crippen LogP contribution in [0.2, 0.25) is 0 Å². The molecule has 4 heterocycles. The Labute approximate surface area is 430 Å². The third-order valence-electron chi connectivity index (χ3n) is 21.3. The van der Waals surface area contributed by atoms with E-state index in [1.54, 1.807) is 11.1 Å². The number of allylic oxidation sites excluding steroid dienone is 2. The minimum atomic E-state index is -0.570. The van der Waals surface area contributed by atoms with E-state index in [9.17, 15) is 0 Å². The smallest absolute Gasteiger partial charge is 0.333 e. The van der Waals surface area contributed by atoms with Crippen LogP contribution in [-0.2, 0) is 21.7 Å². The number of fused-ring (bicyclic) bond motifs is 16. The van der Waals surface area contributed by atoms with Crippen LogP contribution in [0.4, 0.5) is 17.1 Å². The first-order valence-corrected chi connectivity index (χ1v) is 27.8. The van der Waals surface area contributed by atoms with E-state index in [2.05, 4.69) is 214 Å². The van der Waals surface area contributed by atoms with E-state index < -0.39 is 5.41 Å². The molecule has 17 rings (SSSR count). The molecule has 8 aromatic carbocycles. The van der Waals surface area contributed by atoms with E-state index in [0.29, 0.717) is 0 Å². The number of aromatic nitrogens is 1. The first-order valence-electron chi connectivity index (χ1n) is 27.8. The van der Waals surface area contributed by atoms with Gasteiger partial charge in [-0.15, -0.1) is 0 Å². The highest BCUT2D eigenvalue weighted by Gasteiger charge is 2.55. The average Bonchev–Trinajstić information content (AvgIpc) is 4.00. The van der Waals surface area contributed by atoms with Gasteiger partial charge in [0, 0.05) is 44.2 Å². The fourth-order valence-corrected chi connectivity index (χ4v) is 17.7. The molecule has 354 valence electrons. The Morgan fingerprint density at radius 3 is 1.97 bits per heavy atom. The summed E-state index contributed by atoms with van der Waals surface area (Å²) in [5.74, 6) is 3.19. The number of hydrogen-bond acceptors (Lipinski definition) is 1. The standard InChI is InChI=1S/C70H61BN2/c1-41-43-27-28-44(41)39-69(5,38-43)49-35-54-51-34-48(68(4)32-31-42-33-45(42)40-68)29-30-60(51)73-64(54)55(36-49)53-37-52-50-21-12-13-22-56(50)67(2,3)62(52)66-63(53)71(73)59-25-16-24-58-65(59)72(66)61-26-15-14-23-57(61)70(58,46-17-8-6-9-18-46)47-19-10-7-11-20-47/h6-26,29-31,34-37,41,43-45H,27-28,32-33,38-40H2,1-5H3. The monoisotopic (exact) mass is 940 g/mol. The molecule has 3 aliphatic heterocycles. The Morgan fingerprint density at radius 2 is 1.22 bits per heavy atom. The molecule has 0 amide bonds. The summed E-state index contributed by atoms with van der Waals surface area (Å²) in [6, 6.07) is 65.1. The zero-order valence-electron chi connectivity index (χ0n) is 42.9. The highest BCUT2D eigenvalue weighted by molar-refractivity contribution is 6.90. The molecular formula is C70H61BN2. The summed E-state index contributed by atoms with van der Waals surface area (Å²) in [5, 5.41) is 2.89. The zero-order chi connectivity index (χ0) is 48.5. The van der Waals surface area contributed by atoms with Crippen LogP contribution < -0.4 is 15.8 Å². The van der Waals surface area contributed by atoms with Crippen molar-refractivity contribution in [2.45, 2.75) is 101 Å². The summed E-state index contributed by atoms with van der Waals surface area (Å²) in [7, 11) is 0. The minimum absolute atomic E-state index is 0.0519. The molecule has 0 saturated heterocycles. The molecule has 3 heteroatoms. The summed E-state index contributed by atoms with van der Waals surface area (Å²) >= 11 is 0. The average molecular weight is 941 g/mol. The summed E-state index contributed by atoms with van der Waals surface area (Å²) < 4.78 is 2.87. The molecular weight excluding hydrogens is 880 g/mol. The van der Waals surface area contributed by atoms with Crippen LogP contribution in [0.5, 0.6) is 0 Å².